The van der Waals surface area contributed by atoms with Crippen molar-refractivity contribution in [2.75, 3.05) is 39.3 Å². The van der Waals surface area contributed by atoms with Crippen molar-refractivity contribution in [1.82, 2.24) is 24.9 Å². The van der Waals surface area contributed by atoms with Crippen molar-refractivity contribution in [3.63, 3.8) is 0 Å². The Hall–Kier alpha value is -2.88. The lowest BCUT2D eigenvalue weighted by Crippen LogP contribution is -2.36. The zero-order chi connectivity index (χ0) is 25.4. The van der Waals surface area contributed by atoms with Crippen LogP contribution in [0, 0.1) is 5.82 Å². The van der Waals surface area contributed by atoms with E-state index >= 15 is 0 Å². The van der Waals surface area contributed by atoms with Crippen molar-refractivity contribution >= 4 is 32.4 Å². The van der Waals surface area contributed by atoms with Crippen LogP contribution < -0.4 is 10.6 Å². The number of piperidine rings is 1. The number of imidazole rings is 1. The van der Waals surface area contributed by atoms with Gasteiger partial charge < -0.3 is 15.5 Å². The van der Waals surface area contributed by atoms with E-state index in [4.69, 9.17) is 4.98 Å². The highest BCUT2D eigenvalue weighted by Gasteiger charge is 2.20. The molecule has 0 radical (unpaired) electrons. The Morgan fingerprint density at radius 3 is 2.81 bits per heavy atom. The van der Waals surface area contributed by atoms with Gasteiger partial charge in [-0.3, -0.25) is 9.20 Å². The number of fused-ring (bicyclic) bond motifs is 3. The van der Waals surface area contributed by atoms with Crippen molar-refractivity contribution in [2.24, 2.45) is 0 Å². The van der Waals surface area contributed by atoms with Crippen LogP contribution >= 0.6 is 11.3 Å². The molecule has 2 aliphatic heterocycles. The van der Waals surface area contributed by atoms with Gasteiger partial charge in [-0.25, -0.2) is 13.8 Å². The van der Waals surface area contributed by atoms with Crippen molar-refractivity contribution in [1.29, 1.82) is 0 Å². The number of halogens is 2. The number of rotatable bonds is 7. The summed E-state index contributed by atoms with van der Waals surface area (Å²) in [6.07, 6.45) is 4.30. The van der Waals surface area contributed by atoms with E-state index in [1.54, 1.807) is 6.07 Å². The summed E-state index contributed by atoms with van der Waals surface area (Å²) < 4.78 is 31.2. The number of aromatic nitrogens is 2. The molecule has 6 rings (SSSR count). The molecule has 4 heterocycles. The highest BCUT2D eigenvalue weighted by molar-refractivity contribution is 7.23. The van der Waals surface area contributed by atoms with Crippen molar-refractivity contribution < 1.29 is 13.6 Å². The van der Waals surface area contributed by atoms with E-state index in [9.17, 15) is 13.6 Å². The van der Waals surface area contributed by atoms with E-state index in [0.29, 0.717) is 42.1 Å². The smallest absolute Gasteiger partial charge is 0.251 e. The second-order valence-corrected chi connectivity index (χ2v) is 11.1. The van der Waals surface area contributed by atoms with E-state index in [2.05, 4.69) is 15.5 Å². The Balaban J connectivity index is 1.12. The average molecular weight is 524 g/mol. The molecule has 2 aromatic carbocycles. The quantitative estimate of drug-likeness (QED) is 0.335. The number of alkyl halides is 1. The molecule has 2 aromatic heterocycles. The number of carbonyl (C=O) groups excluding carboxylic acids is 1. The first-order valence-corrected chi connectivity index (χ1v) is 13.9. The minimum absolute atomic E-state index is 0.101. The zero-order valence-electron chi connectivity index (χ0n) is 20.7. The summed E-state index contributed by atoms with van der Waals surface area (Å²) >= 11 is 1.49. The van der Waals surface area contributed by atoms with Gasteiger partial charge in [-0.05, 0) is 80.6 Å². The van der Waals surface area contributed by atoms with Crippen LogP contribution in [0.1, 0.15) is 47.5 Å². The lowest BCUT2D eigenvalue weighted by atomic mass is 9.96. The normalized spacial score (nSPS) is 19.2. The molecule has 1 atom stereocenters. The van der Waals surface area contributed by atoms with Gasteiger partial charge in [0.1, 0.15) is 12.0 Å². The molecule has 194 valence electrons. The molecule has 0 saturated carbocycles. The number of nitrogens with one attached hydrogen (secondary N) is 2. The number of hydrogen-bond donors (Lipinski definition) is 2. The van der Waals surface area contributed by atoms with Gasteiger partial charge in [-0.2, -0.15) is 0 Å². The molecule has 0 unspecified atom stereocenters. The first kappa shape index (κ1) is 24.5. The molecule has 1 amide bonds. The first-order valence-electron chi connectivity index (χ1n) is 13.1. The standard InChI is InChI=1S/C28H31F2N5OS/c29-21-7-12-34(13-8-21)11-1-9-32-27(36)19-3-5-25-26(15-19)37-28-33-24(17-35(25)28)22-4-2-18(14-23(22)30)20-6-10-31-16-20/h2-5,14-15,17,20-21,31H,1,6-13,16H2,(H,32,36)/t20-/m1/s1. The van der Waals surface area contributed by atoms with Crippen LogP contribution in [0.4, 0.5) is 8.78 Å². The lowest BCUT2D eigenvalue weighted by molar-refractivity contribution is 0.0950. The third kappa shape index (κ3) is 5.12. The predicted octanol–water partition coefficient (Wildman–Crippen LogP) is 4.99. The zero-order valence-corrected chi connectivity index (χ0v) is 21.5. The molecule has 9 heteroatoms. The molecule has 37 heavy (non-hydrogen) atoms. The Morgan fingerprint density at radius 1 is 1.16 bits per heavy atom. The van der Waals surface area contributed by atoms with E-state index < -0.39 is 6.17 Å². The molecule has 2 saturated heterocycles. The summed E-state index contributed by atoms with van der Waals surface area (Å²) in [4.78, 5) is 20.4. The van der Waals surface area contributed by atoms with E-state index in [0.717, 1.165) is 66.3 Å². The topological polar surface area (TPSA) is 61.7 Å². The van der Waals surface area contributed by atoms with Gasteiger partial charge in [-0.1, -0.05) is 17.4 Å². The number of carbonyl (C=O) groups is 1. The SMILES string of the molecule is O=C(NCCCN1CCC(F)CC1)c1ccc2c(c1)sc1nc(-c3ccc([C@@H]4CCNC4)cc3F)cn12. The molecule has 2 fully saturated rings. The number of hydrogen-bond acceptors (Lipinski definition) is 5. The number of thiazole rings is 1. The van der Waals surface area contributed by atoms with Gasteiger partial charge in [0.25, 0.3) is 5.91 Å². The summed E-state index contributed by atoms with van der Waals surface area (Å²) in [5.74, 6) is 0.0191. The van der Waals surface area contributed by atoms with E-state index in [1.165, 1.54) is 11.3 Å². The number of amides is 1. The third-order valence-corrected chi connectivity index (χ3v) is 8.63. The van der Waals surface area contributed by atoms with Crippen molar-refractivity contribution in [2.45, 2.75) is 37.8 Å². The molecule has 0 aliphatic carbocycles. The van der Waals surface area contributed by atoms with Gasteiger partial charge in [0.2, 0.25) is 0 Å². The van der Waals surface area contributed by atoms with Gasteiger partial charge >= 0.3 is 0 Å². The van der Waals surface area contributed by atoms with Crippen molar-refractivity contribution in [3.05, 3.63) is 59.5 Å². The van der Waals surface area contributed by atoms with Crippen LogP contribution in [0.25, 0.3) is 26.4 Å². The van der Waals surface area contributed by atoms with Crippen LogP contribution in [0.15, 0.2) is 42.6 Å². The lowest BCUT2D eigenvalue weighted by Gasteiger charge is -2.28. The number of nitrogens with zero attached hydrogens (tertiary/aromatic N) is 3. The Kier molecular flexibility index (Phi) is 6.92. The van der Waals surface area contributed by atoms with Crippen LogP contribution in [-0.4, -0.2) is 65.6 Å². The highest BCUT2D eigenvalue weighted by atomic mass is 32.1. The second-order valence-electron chi connectivity index (χ2n) is 10.1. The molecule has 4 aromatic rings. The molecular weight excluding hydrogens is 492 g/mol. The largest absolute Gasteiger partial charge is 0.352 e. The predicted molar refractivity (Wildman–Crippen MR) is 144 cm³/mol. The fourth-order valence-corrected chi connectivity index (χ4v) is 6.48. The number of benzene rings is 2. The molecule has 2 N–H and O–H groups in total. The van der Waals surface area contributed by atoms with Gasteiger partial charge in [0.15, 0.2) is 4.96 Å². The molecular formula is C28H31F2N5OS. The monoisotopic (exact) mass is 523 g/mol. The summed E-state index contributed by atoms with van der Waals surface area (Å²) in [5.41, 5.74) is 3.70. The molecule has 2 aliphatic rings. The highest BCUT2D eigenvalue weighted by Crippen LogP contribution is 2.32. The minimum atomic E-state index is -0.663. The summed E-state index contributed by atoms with van der Waals surface area (Å²) in [6.45, 7) is 4.92. The molecule has 6 nitrogen and oxygen atoms in total. The maximum atomic E-state index is 15.0. The van der Waals surface area contributed by atoms with Gasteiger partial charge in [0, 0.05) is 43.5 Å². The molecule has 0 spiro atoms. The van der Waals surface area contributed by atoms with Crippen LogP contribution in [0.3, 0.4) is 0 Å². The summed E-state index contributed by atoms with van der Waals surface area (Å²) in [7, 11) is 0. The minimum Gasteiger partial charge on any atom is -0.352 e. The van der Waals surface area contributed by atoms with E-state index in [-0.39, 0.29) is 11.7 Å². The van der Waals surface area contributed by atoms with Crippen LogP contribution in [-0.2, 0) is 0 Å². The van der Waals surface area contributed by atoms with Gasteiger partial charge in [-0.15, -0.1) is 0 Å². The summed E-state index contributed by atoms with van der Waals surface area (Å²) in [6, 6.07) is 11.1. The van der Waals surface area contributed by atoms with Crippen LogP contribution in [0.5, 0.6) is 0 Å². The Labute approximate surface area is 218 Å². The Bertz CT molecular complexity index is 1420. The van der Waals surface area contributed by atoms with Crippen molar-refractivity contribution in [3.8, 4) is 11.3 Å². The van der Waals surface area contributed by atoms with Gasteiger partial charge in [0.05, 0.1) is 15.9 Å². The second kappa shape index (κ2) is 10.5. The third-order valence-electron chi connectivity index (χ3n) is 7.61. The maximum absolute atomic E-state index is 15.0. The summed E-state index contributed by atoms with van der Waals surface area (Å²) in [5, 5.41) is 6.33. The fraction of sp³-hybridized carbons (Fsp3) is 0.429. The fourth-order valence-electron chi connectivity index (χ4n) is 5.44. The van der Waals surface area contributed by atoms with Crippen LogP contribution in [0.2, 0.25) is 0 Å². The maximum Gasteiger partial charge on any atom is 0.251 e. The average Bonchev–Trinajstić information content (AvgIpc) is 3.64. The first-order chi connectivity index (χ1) is 18.0. The Morgan fingerprint density at radius 2 is 2.03 bits per heavy atom. The molecule has 0 bridgehead atoms. The number of likely N-dealkylation sites (tertiary alicyclic amines) is 1. The van der Waals surface area contributed by atoms with E-state index in [1.807, 2.05) is 40.9 Å².